The third-order valence-corrected chi connectivity index (χ3v) is 2.79. The van der Waals surface area contributed by atoms with Crippen LogP contribution in [0.4, 0.5) is 0 Å². The predicted octanol–water partition coefficient (Wildman–Crippen LogP) is 0.779. The fraction of sp³-hybridized carbons (Fsp3) is 0.417. The second-order valence-electron chi connectivity index (χ2n) is 4.13. The maximum absolute atomic E-state index is 12.3. The first kappa shape index (κ1) is 12.3. The van der Waals surface area contributed by atoms with E-state index in [1.165, 1.54) is 24.4 Å². The molecule has 0 atom stereocenters. The molecule has 0 bridgehead atoms. The van der Waals surface area contributed by atoms with Crippen LogP contribution in [0.1, 0.15) is 23.2 Å². The number of ether oxygens (including phenoxy) is 1. The van der Waals surface area contributed by atoms with E-state index in [2.05, 4.69) is 4.98 Å². The molecule has 1 amide bonds. The SMILES string of the molecule is COc1cnccc1C(=O)N(CC(=O)O)C1CC1. The minimum absolute atomic E-state index is 0.0338. The van der Waals surface area contributed by atoms with Gasteiger partial charge in [-0.25, -0.2) is 0 Å². The van der Waals surface area contributed by atoms with Crippen molar-refractivity contribution < 1.29 is 19.4 Å². The summed E-state index contributed by atoms with van der Waals surface area (Å²) < 4.78 is 5.06. The van der Waals surface area contributed by atoms with Gasteiger partial charge in [-0.3, -0.25) is 14.6 Å². The smallest absolute Gasteiger partial charge is 0.323 e. The topological polar surface area (TPSA) is 79.7 Å². The Balaban J connectivity index is 2.24. The van der Waals surface area contributed by atoms with E-state index < -0.39 is 5.97 Å². The monoisotopic (exact) mass is 250 g/mol. The standard InChI is InChI=1S/C12H14N2O4/c1-18-10-6-13-5-4-9(10)12(17)14(7-11(15)16)8-2-3-8/h4-6,8H,2-3,7H2,1H3,(H,15,16). The van der Waals surface area contributed by atoms with E-state index in [4.69, 9.17) is 9.84 Å². The van der Waals surface area contributed by atoms with Gasteiger partial charge in [-0.05, 0) is 18.9 Å². The number of carboxylic acids is 1. The van der Waals surface area contributed by atoms with Crippen molar-refractivity contribution in [3.63, 3.8) is 0 Å². The van der Waals surface area contributed by atoms with Gasteiger partial charge >= 0.3 is 5.97 Å². The summed E-state index contributed by atoms with van der Waals surface area (Å²) >= 11 is 0. The highest BCUT2D eigenvalue weighted by Gasteiger charge is 2.35. The van der Waals surface area contributed by atoms with E-state index in [0.29, 0.717) is 11.3 Å². The Morgan fingerprint density at radius 2 is 2.28 bits per heavy atom. The molecule has 18 heavy (non-hydrogen) atoms. The second kappa shape index (κ2) is 5.03. The van der Waals surface area contributed by atoms with Gasteiger partial charge in [-0.2, -0.15) is 0 Å². The molecule has 1 aliphatic carbocycles. The van der Waals surface area contributed by atoms with E-state index in [-0.39, 0.29) is 18.5 Å². The Morgan fingerprint density at radius 1 is 1.56 bits per heavy atom. The lowest BCUT2D eigenvalue weighted by Gasteiger charge is -2.21. The number of carboxylic acid groups (broad SMARTS) is 1. The fourth-order valence-corrected chi connectivity index (χ4v) is 1.77. The third-order valence-electron chi connectivity index (χ3n) is 2.79. The molecule has 1 heterocycles. The van der Waals surface area contributed by atoms with Crippen LogP contribution in [0, 0.1) is 0 Å². The molecule has 1 fully saturated rings. The average molecular weight is 250 g/mol. The van der Waals surface area contributed by atoms with Gasteiger partial charge in [0.25, 0.3) is 5.91 Å². The highest BCUT2D eigenvalue weighted by molar-refractivity contribution is 5.98. The number of amides is 1. The number of pyridine rings is 1. The average Bonchev–Trinajstić information content (AvgIpc) is 3.19. The Morgan fingerprint density at radius 3 is 2.83 bits per heavy atom. The number of aromatic nitrogens is 1. The number of methoxy groups -OCH3 is 1. The van der Waals surface area contributed by atoms with Crippen LogP contribution < -0.4 is 4.74 Å². The molecular weight excluding hydrogens is 236 g/mol. The predicted molar refractivity (Wildman–Crippen MR) is 62.5 cm³/mol. The minimum atomic E-state index is -1.01. The van der Waals surface area contributed by atoms with Crippen molar-refractivity contribution in [1.82, 2.24) is 9.88 Å². The number of hydrogen-bond acceptors (Lipinski definition) is 4. The first-order valence-corrected chi connectivity index (χ1v) is 5.64. The van der Waals surface area contributed by atoms with E-state index in [1.54, 1.807) is 6.07 Å². The van der Waals surface area contributed by atoms with Crippen molar-refractivity contribution in [1.29, 1.82) is 0 Å². The van der Waals surface area contributed by atoms with Crippen LogP contribution in [0.5, 0.6) is 5.75 Å². The summed E-state index contributed by atoms with van der Waals surface area (Å²) in [6.07, 6.45) is 4.64. The Bertz CT molecular complexity index is 471. The molecule has 96 valence electrons. The van der Waals surface area contributed by atoms with Gasteiger partial charge in [0.15, 0.2) is 0 Å². The summed E-state index contributed by atoms with van der Waals surface area (Å²) in [4.78, 5) is 28.3. The van der Waals surface area contributed by atoms with Gasteiger partial charge < -0.3 is 14.7 Å². The molecular formula is C12H14N2O4. The molecule has 0 aromatic carbocycles. The van der Waals surface area contributed by atoms with Crippen molar-refractivity contribution >= 4 is 11.9 Å². The number of hydrogen-bond donors (Lipinski definition) is 1. The molecule has 1 aromatic rings. The van der Waals surface area contributed by atoms with Crippen LogP contribution in [-0.4, -0.2) is 46.6 Å². The summed E-state index contributed by atoms with van der Waals surface area (Å²) in [6.45, 7) is -0.283. The zero-order chi connectivity index (χ0) is 13.1. The molecule has 0 unspecified atom stereocenters. The quantitative estimate of drug-likeness (QED) is 0.835. The first-order valence-electron chi connectivity index (χ1n) is 5.64. The summed E-state index contributed by atoms with van der Waals surface area (Å²) in [5, 5.41) is 8.85. The number of carbonyl (C=O) groups is 2. The van der Waals surface area contributed by atoms with Crippen LogP contribution in [0.2, 0.25) is 0 Å². The molecule has 1 saturated carbocycles. The van der Waals surface area contributed by atoms with Gasteiger partial charge in [0.05, 0.1) is 18.9 Å². The zero-order valence-corrected chi connectivity index (χ0v) is 10.00. The summed E-state index contributed by atoms with van der Waals surface area (Å²) in [6, 6.07) is 1.57. The Kier molecular flexibility index (Phi) is 3.45. The van der Waals surface area contributed by atoms with Gasteiger partial charge in [0.2, 0.25) is 0 Å². The Labute approximate surface area is 104 Å². The summed E-state index contributed by atoms with van der Waals surface area (Å²) in [5.41, 5.74) is 0.348. The van der Waals surface area contributed by atoms with Gasteiger partial charge in [0.1, 0.15) is 12.3 Å². The van der Waals surface area contributed by atoms with Crippen molar-refractivity contribution in [2.45, 2.75) is 18.9 Å². The highest BCUT2D eigenvalue weighted by Crippen LogP contribution is 2.29. The fourth-order valence-electron chi connectivity index (χ4n) is 1.77. The number of carbonyl (C=O) groups excluding carboxylic acids is 1. The molecule has 0 radical (unpaired) electrons. The van der Waals surface area contributed by atoms with Crippen LogP contribution >= 0.6 is 0 Å². The highest BCUT2D eigenvalue weighted by atomic mass is 16.5. The summed E-state index contributed by atoms with van der Waals surface area (Å²) in [5.74, 6) is -0.971. The van der Waals surface area contributed by atoms with Crippen molar-refractivity contribution in [2.24, 2.45) is 0 Å². The molecule has 1 N–H and O–H groups in total. The molecule has 0 saturated heterocycles. The first-order chi connectivity index (χ1) is 8.63. The molecule has 0 spiro atoms. The maximum Gasteiger partial charge on any atom is 0.323 e. The minimum Gasteiger partial charge on any atom is -0.494 e. The lowest BCUT2D eigenvalue weighted by molar-refractivity contribution is -0.137. The Hall–Kier alpha value is -2.11. The van der Waals surface area contributed by atoms with Crippen molar-refractivity contribution in [3.8, 4) is 5.75 Å². The van der Waals surface area contributed by atoms with Gasteiger partial charge in [-0.15, -0.1) is 0 Å². The molecule has 1 aromatic heterocycles. The molecule has 6 nitrogen and oxygen atoms in total. The lowest BCUT2D eigenvalue weighted by atomic mass is 10.2. The molecule has 0 aliphatic heterocycles. The third kappa shape index (κ3) is 2.58. The lowest BCUT2D eigenvalue weighted by Crippen LogP contribution is -2.37. The van der Waals surface area contributed by atoms with Gasteiger partial charge in [-0.1, -0.05) is 0 Å². The molecule has 6 heteroatoms. The van der Waals surface area contributed by atoms with Crippen molar-refractivity contribution in [2.75, 3.05) is 13.7 Å². The molecule has 2 rings (SSSR count). The maximum atomic E-state index is 12.3. The largest absolute Gasteiger partial charge is 0.494 e. The molecule has 1 aliphatic rings. The number of aliphatic carboxylic acids is 1. The number of nitrogens with zero attached hydrogens (tertiary/aromatic N) is 2. The van der Waals surface area contributed by atoms with Crippen LogP contribution in [0.3, 0.4) is 0 Å². The number of rotatable bonds is 5. The second-order valence-corrected chi connectivity index (χ2v) is 4.13. The van der Waals surface area contributed by atoms with Crippen LogP contribution in [0.15, 0.2) is 18.5 Å². The van der Waals surface area contributed by atoms with E-state index in [1.807, 2.05) is 0 Å². The van der Waals surface area contributed by atoms with E-state index in [9.17, 15) is 9.59 Å². The normalized spacial score (nSPS) is 14.1. The van der Waals surface area contributed by atoms with Crippen LogP contribution in [0.25, 0.3) is 0 Å². The van der Waals surface area contributed by atoms with E-state index in [0.717, 1.165) is 12.8 Å². The van der Waals surface area contributed by atoms with Crippen molar-refractivity contribution in [3.05, 3.63) is 24.0 Å². The summed E-state index contributed by atoms with van der Waals surface area (Å²) in [7, 11) is 1.45. The van der Waals surface area contributed by atoms with Crippen LogP contribution in [-0.2, 0) is 4.79 Å². The van der Waals surface area contributed by atoms with Gasteiger partial charge in [0, 0.05) is 12.2 Å². The zero-order valence-electron chi connectivity index (χ0n) is 10.00. The van der Waals surface area contributed by atoms with E-state index >= 15 is 0 Å².